The highest BCUT2D eigenvalue weighted by Crippen LogP contribution is 2.15. The normalized spacial score (nSPS) is 14.6. The number of rotatable bonds is 7. The smallest absolute Gasteiger partial charge is 0.276 e. The fourth-order valence-corrected chi connectivity index (χ4v) is 2.49. The van der Waals surface area contributed by atoms with Crippen LogP contribution in [0.1, 0.15) is 6.42 Å². The van der Waals surface area contributed by atoms with E-state index in [9.17, 15) is 4.79 Å². The van der Waals surface area contributed by atoms with Crippen LogP contribution in [0.3, 0.4) is 0 Å². The predicted octanol–water partition coefficient (Wildman–Crippen LogP) is 0.936. The molecule has 2 rings (SSSR count). The van der Waals surface area contributed by atoms with Crippen LogP contribution in [0, 0.1) is 0 Å². The SMILES string of the molecule is O=C(COc1ccc(Cl)cc1)NNC(=S)NCCCN1CCOCC1. The molecule has 25 heavy (non-hydrogen) atoms. The number of thiocarbonyl (C=S) groups is 1. The van der Waals surface area contributed by atoms with E-state index in [1.807, 2.05) is 0 Å². The predicted molar refractivity (Wildman–Crippen MR) is 101 cm³/mol. The molecule has 0 unspecified atom stereocenters. The van der Waals surface area contributed by atoms with Gasteiger partial charge in [-0.2, -0.15) is 0 Å². The summed E-state index contributed by atoms with van der Waals surface area (Å²) < 4.78 is 10.6. The van der Waals surface area contributed by atoms with Crippen molar-refractivity contribution in [3.8, 4) is 5.75 Å². The molecule has 0 saturated carbocycles. The minimum Gasteiger partial charge on any atom is -0.484 e. The summed E-state index contributed by atoms with van der Waals surface area (Å²) >= 11 is 10.9. The molecule has 1 aromatic rings. The number of halogens is 1. The lowest BCUT2D eigenvalue weighted by molar-refractivity contribution is -0.123. The maximum Gasteiger partial charge on any atom is 0.276 e. The van der Waals surface area contributed by atoms with E-state index in [1.54, 1.807) is 24.3 Å². The number of hydrogen-bond acceptors (Lipinski definition) is 5. The van der Waals surface area contributed by atoms with E-state index < -0.39 is 0 Å². The number of nitrogens with one attached hydrogen (secondary N) is 3. The number of carbonyl (C=O) groups is 1. The van der Waals surface area contributed by atoms with Gasteiger partial charge in [-0.15, -0.1) is 0 Å². The standard InChI is InChI=1S/C16H23ClN4O3S/c17-13-2-4-14(5-3-13)24-12-15(22)19-20-16(25)18-6-1-7-21-8-10-23-11-9-21/h2-5H,1,6-12H2,(H,19,22)(H2,18,20,25). The maximum absolute atomic E-state index is 11.7. The van der Waals surface area contributed by atoms with E-state index in [1.165, 1.54) is 0 Å². The molecule has 1 saturated heterocycles. The van der Waals surface area contributed by atoms with Gasteiger partial charge in [-0.25, -0.2) is 0 Å². The highest BCUT2D eigenvalue weighted by Gasteiger charge is 2.09. The van der Waals surface area contributed by atoms with Gasteiger partial charge in [0.05, 0.1) is 13.2 Å². The van der Waals surface area contributed by atoms with Crippen molar-refractivity contribution in [3.63, 3.8) is 0 Å². The van der Waals surface area contributed by atoms with Gasteiger partial charge in [0, 0.05) is 24.7 Å². The molecule has 0 radical (unpaired) electrons. The Morgan fingerprint density at radius 2 is 1.96 bits per heavy atom. The zero-order valence-electron chi connectivity index (χ0n) is 13.9. The van der Waals surface area contributed by atoms with Gasteiger partial charge in [-0.05, 0) is 49.4 Å². The van der Waals surface area contributed by atoms with Crippen molar-refractivity contribution < 1.29 is 14.3 Å². The average Bonchev–Trinajstić information content (AvgIpc) is 2.64. The van der Waals surface area contributed by atoms with E-state index in [-0.39, 0.29) is 12.5 Å². The van der Waals surface area contributed by atoms with Crippen molar-refractivity contribution in [1.82, 2.24) is 21.1 Å². The summed E-state index contributed by atoms with van der Waals surface area (Å²) in [7, 11) is 0. The number of ether oxygens (including phenoxy) is 2. The highest BCUT2D eigenvalue weighted by atomic mass is 35.5. The van der Waals surface area contributed by atoms with E-state index in [0.29, 0.717) is 15.9 Å². The maximum atomic E-state index is 11.7. The molecule has 0 aliphatic carbocycles. The first-order chi connectivity index (χ1) is 12.1. The third-order valence-corrected chi connectivity index (χ3v) is 4.04. The lowest BCUT2D eigenvalue weighted by Crippen LogP contribution is -2.48. The Labute approximate surface area is 158 Å². The van der Waals surface area contributed by atoms with Crippen LogP contribution in [0.5, 0.6) is 5.75 Å². The van der Waals surface area contributed by atoms with Crippen LogP contribution in [0.2, 0.25) is 5.02 Å². The highest BCUT2D eigenvalue weighted by molar-refractivity contribution is 7.80. The fourth-order valence-electron chi connectivity index (χ4n) is 2.22. The Balaban J connectivity index is 1.50. The third kappa shape index (κ3) is 8.35. The van der Waals surface area contributed by atoms with Crippen LogP contribution in [0.4, 0.5) is 0 Å². The molecule has 9 heteroatoms. The molecule has 0 aromatic heterocycles. The van der Waals surface area contributed by atoms with Gasteiger partial charge < -0.3 is 14.8 Å². The van der Waals surface area contributed by atoms with Crippen LogP contribution in [0.25, 0.3) is 0 Å². The van der Waals surface area contributed by atoms with Gasteiger partial charge in [0.2, 0.25) is 0 Å². The minimum atomic E-state index is -0.326. The Morgan fingerprint density at radius 1 is 1.24 bits per heavy atom. The number of nitrogens with zero attached hydrogens (tertiary/aromatic N) is 1. The Kier molecular flexibility index (Phi) is 8.75. The van der Waals surface area contributed by atoms with Crippen LogP contribution in [0.15, 0.2) is 24.3 Å². The second-order valence-electron chi connectivity index (χ2n) is 5.48. The van der Waals surface area contributed by atoms with Crippen LogP contribution < -0.4 is 20.9 Å². The summed E-state index contributed by atoms with van der Waals surface area (Å²) in [5.74, 6) is 0.246. The van der Waals surface area contributed by atoms with Crippen molar-refractivity contribution in [3.05, 3.63) is 29.3 Å². The third-order valence-electron chi connectivity index (χ3n) is 3.54. The molecule has 0 bridgehead atoms. The average molecular weight is 387 g/mol. The molecule has 0 spiro atoms. The first-order valence-electron chi connectivity index (χ1n) is 8.14. The second kappa shape index (κ2) is 11.1. The zero-order chi connectivity index (χ0) is 17.9. The largest absolute Gasteiger partial charge is 0.484 e. The number of benzene rings is 1. The van der Waals surface area contributed by atoms with Gasteiger partial charge in [0.15, 0.2) is 11.7 Å². The van der Waals surface area contributed by atoms with E-state index in [0.717, 1.165) is 45.8 Å². The van der Waals surface area contributed by atoms with Crippen molar-refractivity contribution in [2.24, 2.45) is 0 Å². The van der Waals surface area contributed by atoms with Crippen LogP contribution >= 0.6 is 23.8 Å². The molecule has 1 amide bonds. The lowest BCUT2D eigenvalue weighted by Gasteiger charge is -2.26. The molecule has 3 N–H and O–H groups in total. The zero-order valence-corrected chi connectivity index (χ0v) is 15.5. The van der Waals surface area contributed by atoms with Gasteiger partial charge in [0.1, 0.15) is 5.75 Å². The van der Waals surface area contributed by atoms with Crippen molar-refractivity contribution >= 4 is 34.8 Å². The summed E-state index contributed by atoms with van der Waals surface area (Å²) in [6.07, 6.45) is 0.968. The summed E-state index contributed by atoms with van der Waals surface area (Å²) in [5, 5.41) is 4.04. The molecule has 1 aliphatic rings. The Hall–Kier alpha value is -1.61. The molecule has 138 valence electrons. The van der Waals surface area contributed by atoms with Crippen molar-refractivity contribution in [2.75, 3.05) is 46.0 Å². The Morgan fingerprint density at radius 3 is 2.68 bits per heavy atom. The van der Waals surface area contributed by atoms with Crippen molar-refractivity contribution in [1.29, 1.82) is 0 Å². The number of hydrogen-bond donors (Lipinski definition) is 3. The minimum absolute atomic E-state index is 0.117. The van der Waals surface area contributed by atoms with Gasteiger partial charge in [-0.1, -0.05) is 11.6 Å². The number of hydrazine groups is 1. The summed E-state index contributed by atoms with van der Waals surface area (Å²) in [4.78, 5) is 14.1. The molecule has 1 heterocycles. The lowest BCUT2D eigenvalue weighted by atomic mass is 10.3. The van der Waals surface area contributed by atoms with Crippen LogP contribution in [-0.2, 0) is 9.53 Å². The van der Waals surface area contributed by atoms with Gasteiger partial charge in [-0.3, -0.25) is 20.5 Å². The molecule has 0 atom stereocenters. The number of amides is 1. The molecule has 7 nitrogen and oxygen atoms in total. The molecular formula is C16H23ClN4O3S. The Bertz CT molecular complexity index is 553. The van der Waals surface area contributed by atoms with E-state index >= 15 is 0 Å². The topological polar surface area (TPSA) is 74.9 Å². The molecule has 1 fully saturated rings. The summed E-state index contributed by atoms with van der Waals surface area (Å²) in [6, 6.07) is 6.79. The molecule has 1 aromatic carbocycles. The fraction of sp³-hybridized carbons (Fsp3) is 0.500. The summed E-state index contributed by atoms with van der Waals surface area (Å²) in [5.41, 5.74) is 5.14. The second-order valence-corrected chi connectivity index (χ2v) is 6.32. The molecule has 1 aliphatic heterocycles. The molecular weight excluding hydrogens is 364 g/mol. The first kappa shape index (κ1) is 19.7. The first-order valence-corrected chi connectivity index (χ1v) is 8.93. The summed E-state index contributed by atoms with van der Waals surface area (Å²) in [6.45, 7) is 5.18. The van der Waals surface area contributed by atoms with Gasteiger partial charge >= 0.3 is 0 Å². The number of carbonyl (C=O) groups excluding carboxylic acids is 1. The quantitative estimate of drug-likeness (QED) is 0.366. The van der Waals surface area contributed by atoms with Crippen molar-refractivity contribution in [2.45, 2.75) is 6.42 Å². The van der Waals surface area contributed by atoms with E-state index in [4.69, 9.17) is 33.3 Å². The van der Waals surface area contributed by atoms with Crippen LogP contribution in [-0.4, -0.2) is 61.9 Å². The van der Waals surface area contributed by atoms with E-state index in [2.05, 4.69) is 21.1 Å². The number of morpholine rings is 1. The monoisotopic (exact) mass is 386 g/mol. The van der Waals surface area contributed by atoms with Gasteiger partial charge in [0.25, 0.3) is 5.91 Å².